The zero-order valence-corrected chi connectivity index (χ0v) is 12.9. The highest BCUT2D eigenvalue weighted by Crippen LogP contribution is 2.35. The van der Waals surface area contributed by atoms with Crippen molar-refractivity contribution in [3.63, 3.8) is 0 Å². The molecule has 118 valence electrons. The minimum atomic E-state index is 0.267. The van der Waals surface area contributed by atoms with Crippen molar-refractivity contribution in [3.05, 3.63) is 30.7 Å². The smallest absolute Gasteiger partial charge is 0.220 e. The van der Waals surface area contributed by atoms with Crippen LogP contribution in [0.4, 0.5) is 11.6 Å². The van der Waals surface area contributed by atoms with Gasteiger partial charge in [-0.05, 0) is 18.6 Å². The molecule has 3 aromatic heterocycles. The lowest BCUT2D eigenvalue weighted by Crippen LogP contribution is -2.22. The summed E-state index contributed by atoms with van der Waals surface area (Å²) in [6.07, 6.45) is 6.72. The Bertz CT molecular complexity index is 845. The third kappa shape index (κ3) is 2.39. The molecule has 0 aromatic carbocycles. The number of methoxy groups -OCH3 is 1. The maximum atomic E-state index is 5.73. The van der Waals surface area contributed by atoms with Gasteiger partial charge in [-0.2, -0.15) is 0 Å². The minimum Gasteiger partial charge on any atom is -0.380 e. The Hall–Kier alpha value is -2.67. The first-order valence-electron chi connectivity index (χ1n) is 7.59. The van der Waals surface area contributed by atoms with Crippen molar-refractivity contribution in [2.24, 2.45) is 0 Å². The van der Waals surface area contributed by atoms with Gasteiger partial charge in [-0.3, -0.25) is 0 Å². The Morgan fingerprint density at radius 2 is 2.17 bits per heavy atom. The predicted octanol–water partition coefficient (Wildman–Crippen LogP) is 1.83. The molecule has 0 saturated carbocycles. The van der Waals surface area contributed by atoms with Gasteiger partial charge in [0.1, 0.15) is 5.65 Å². The quantitative estimate of drug-likeness (QED) is 0.766. The SMILES string of the molecule is CO[C@@H]1CCN(c2ccnc3[nH]cc(-c4ccnc(N)n4)c23)C1. The molecule has 3 N–H and O–H groups in total. The number of hydrogen-bond acceptors (Lipinski definition) is 6. The van der Waals surface area contributed by atoms with E-state index in [4.69, 9.17) is 10.5 Å². The number of pyridine rings is 1. The Kier molecular flexibility index (Phi) is 3.34. The van der Waals surface area contributed by atoms with Crippen LogP contribution in [0.15, 0.2) is 30.7 Å². The van der Waals surface area contributed by atoms with Gasteiger partial charge in [-0.25, -0.2) is 15.0 Å². The highest BCUT2D eigenvalue weighted by Gasteiger charge is 2.25. The molecular weight excluding hydrogens is 292 g/mol. The van der Waals surface area contributed by atoms with Gasteiger partial charge in [-0.15, -0.1) is 0 Å². The fraction of sp³-hybridized carbons (Fsp3) is 0.312. The highest BCUT2D eigenvalue weighted by molar-refractivity contribution is 6.02. The van der Waals surface area contributed by atoms with E-state index in [0.717, 1.165) is 47.5 Å². The van der Waals surface area contributed by atoms with Gasteiger partial charge in [0.05, 0.1) is 22.9 Å². The van der Waals surface area contributed by atoms with Gasteiger partial charge >= 0.3 is 0 Å². The van der Waals surface area contributed by atoms with Crippen LogP contribution in [0.5, 0.6) is 0 Å². The van der Waals surface area contributed by atoms with E-state index >= 15 is 0 Å². The highest BCUT2D eigenvalue weighted by atomic mass is 16.5. The van der Waals surface area contributed by atoms with Crippen LogP contribution in [-0.2, 0) is 4.74 Å². The molecule has 7 nitrogen and oxygen atoms in total. The zero-order chi connectivity index (χ0) is 15.8. The van der Waals surface area contributed by atoms with Crippen molar-refractivity contribution in [1.82, 2.24) is 19.9 Å². The molecule has 0 bridgehead atoms. The van der Waals surface area contributed by atoms with Crippen molar-refractivity contribution < 1.29 is 4.74 Å². The standard InChI is InChI=1S/C16H18N6O/c1-23-10-4-7-22(9-10)13-3-6-18-15-14(13)11(8-20-15)12-2-5-19-16(17)21-12/h2-3,5-6,8,10H,4,7,9H2,1H3,(H,18,20)(H2,17,19,21)/t10-/m1/s1. The molecule has 4 rings (SSSR count). The van der Waals surface area contributed by atoms with E-state index in [2.05, 4.69) is 24.8 Å². The van der Waals surface area contributed by atoms with Gasteiger partial charge in [-0.1, -0.05) is 0 Å². The maximum Gasteiger partial charge on any atom is 0.220 e. The summed E-state index contributed by atoms with van der Waals surface area (Å²) >= 11 is 0. The second-order valence-electron chi connectivity index (χ2n) is 5.65. The van der Waals surface area contributed by atoms with E-state index in [0.29, 0.717) is 0 Å². The summed E-state index contributed by atoms with van der Waals surface area (Å²) in [5, 5.41) is 1.06. The average Bonchev–Trinajstić information content (AvgIpc) is 3.21. The zero-order valence-electron chi connectivity index (χ0n) is 12.9. The predicted molar refractivity (Wildman–Crippen MR) is 89.2 cm³/mol. The fourth-order valence-corrected chi connectivity index (χ4v) is 3.17. The number of aromatic nitrogens is 4. The number of nitrogen functional groups attached to an aromatic ring is 1. The van der Waals surface area contributed by atoms with Crippen molar-refractivity contribution in [2.45, 2.75) is 12.5 Å². The average molecular weight is 310 g/mol. The Morgan fingerprint density at radius 3 is 2.96 bits per heavy atom. The summed E-state index contributed by atoms with van der Waals surface area (Å²) in [5.74, 6) is 0.267. The first-order valence-corrected chi connectivity index (χ1v) is 7.59. The molecule has 0 spiro atoms. The number of H-pyrrole nitrogens is 1. The Morgan fingerprint density at radius 1 is 1.30 bits per heavy atom. The van der Waals surface area contributed by atoms with Crippen LogP contribution in [0.2, 0.25) is 0 Å². The van der Waals surface area contributed by atoms with Crippen molar-refractivity contribution >= 4 is 22.7 Å². The van der Waals surface area contributed by atoms with Gasteiger partial charge in [0.2, 0.25) is 5.95 Å². The van der Waals surface area contributed by atoms with Gasteiger partial charge in [0.15, 0.2) is 0 Å². The van der Waals surface area contributed by atoms with Gasteiger partial charge in [0, 0.05) is 44.4 Å². The number of nitrogens with two attached hydrogens (primary N) is 1. The molecule has 23 heavy (non-hydrogen) atoms. The number of anilines is 2. The van der Waals surface area contributed by atoms with E-state index in [1.807, 2.05) is 24.5 Å². The largest absolute Gasteiger partial charge is 0.380 e. The van der Waals surface area contributed by atoms with Crippen LogP contribution in [-0.4, -0.2) is 46.2 Å². The first-order chi connectivity index (χ1) is 11.3. The summed E-state index contributed by atoms with van der Waals surface area (Å²) in [6, 6.07) is 3.90. The van der Waals surface area contributed by atoms with Gasteiger partial charge < -0.3 is 20.4 Å². The van der Waals surface area contributed by atoms with Crippen LogP contribution in [0.1, 0.15) is 6.42 Å². The van der Waals surface area contributed by atoms with Crippen LogP contribution in [0.25, 0.3) is 22.3 Å². The van der Waals surface area contributed by atoms with E-state index in [-0.39, 0.29) is 12.1 Å². The summed E-state index contributed by atoms with van der Waals surface area (Å²) < 4.78 is 5.48. The molecule has 1 aliphatic rings. The topological polar surface area (TPSA) is 93.0 Å². The summed E-state index contributed by atoms with van der Waals surface area (Å²) in [7, 11) is 1.77. The van der Waals surface area contributed by atoms with E-state index in [9.17, 15) is 0 Å². The second kappa shape index (κ2) is 5.51. The fourth-order valence-electron chi connectivity index (χ4n) is 3.17. The summed E-state index contributed by atoms with van der Waals surface area (Å²) in [5.41, 5.74) is 9.49. The van der Waals surface area contributed by atoms with Crippen LogP contribution in [0, 0.1) is 0 Å². The maximum absolute atomic E-state index is 5.73. The monoisotopic (exact) mass is 310 g/mol. The number of nitrogens with one attached hydrogen (secondary N) is 1. The summed E-state index contributed by atoms with van der Waals surface area (Å²) in [4.78, 5) is 18.3. The van der Waals surface area contributed by atoms with E-state index in [1.54, 1.807) is 13.3 Å². The third-order valence-electron chi connectivity index (χ3n) is 4.32. The van der Waals surface area contributed by atoms with Crippen LogP contribution >= 0.6 is 0 Å². The number of nitrogens with zero attached hydrogens (tertiary/aromatic N) is 4. The lowest BCUT2D eigenvalue weighted by molar-refractivity contribution is 0.121. The molecule has 1 atom stereocenters. The first kappa shape index (κ1) is 14.0. The lowest BCUT2D eigenvalue weighted by atomic mass is 10.1. The molecule has 0 aliphatic carbocycles. The molecule has 4 heterocycles. The molecule has 0 unspecified atom stereocenters. The molecule has 0 amide bonds. The van der Waals surface area contributed by atoms with Crippen LogP contribution in [0.3, 0.4) is 0 Å². The van der Waals surface area contributed by atoms with Crippen molar-refractivity contribution in [3.8, 4) is 11.3 Å². The Labute approximate surface area is 133 Å². The number of fused-ring (bicyclic) bond motifs is 1. The molecule has 1 aliphatic heterocycles. The van der Waals surface area contributed by atoms with Crippen molar-refractivity contribution in [1.29, 1.82) is 0 Å². The normalized spacial score (nSPS) is 18.0. The molecule has 1 fully saturated rings. The third-order valence-corrected chi connectivity index (χ3v) is 4.32. The minimum absolute atomic E-state index is 0.267. The Balaban J connectivity index is 1.84. The van der Waals surface area contributed by atoms with E-state index < -0.39 is 0 Å². The number of ether oxygens (including phenoxy) is 1. The molecule has 7 heteroatoms. The molecule has 0 radical (unpaired) electrons. The van der Waals surface area contributed by atoms with E-state index in [1.165, 1.54) is 0 Å². The lowest BCUT2D eigenvalue weighted by Gasteiger charge is -2.19. The van der Waals surface area contributed by atoms with Gasteiger partial charge in [0.25, 0.3) is 0 Å². The molecule has 3 aromatic rings. The number of hydrogen-bond donors (Lipinski definition) is 2. The number of aromatic amines is 1. The molecular formula is C16H18N6O. The van der Waals surface area contributed by atoms with Crippen LogP contribution < -0.4 is 10.6 Å². The second-order valence-corrected chi connectivity index (χ2v) is 5.65. The van der Waals surface area contributed by atoms with Crippen molar-refractivity contribution in [2.75, 3.05) is 30.8 Å². The molecule has 1 saturated heterocycles. The summed E-state index contributed by atoms with van der Waals surface area (Å²) in [6.45, 7) is 1.85. The number of rotatable bonds is 3.